The first-order valence-electron chi connectivity index (χ1n) is 20.5. The molecule has 9 aromatic rings. The van der Waals surface area contributed by atoms with Crippen molar-refractivity contribution in [1.29, 1.82) is 0 Å². The molecule has 0 amide bonds. The first kappa shape index (κ1) is 19.6. The molecule has 0 saturated heterocycles. The van der Waals surface area contributed by atoms with Gasteiger partial charge in [0.15, 0.2) is 0 Å². The molecule has 48 heavy (non-hydrogen) atoms. The average molecular weight is 640 g/mol. The van der Waals surface area contributed by atoms with Crippen molar-refractivity contribution in [2.75, 3.05) is 4.90 Å². The van der Waals surface area contributed by atoms with E-state index in [1.54, 1.807) is 35.6 Å². The Labute approximate surface area is 298 Å². The zero-order valence-corrected chi connectivity index (χ0v) is 26.3. The molecule has 0 radical (unpaired) electrons. The minimum atomic E-state index is -0.450. The topological polar surface area (TPSA) is 3.24 Å². The maximum Gasteiger partial charge on any atom is 0.0629 e. The van der Waals surface area contributed by atoms with Crippen LogP contribution in [0, 0.1) is 0 Å². The summed E-state index contributed by atoms with van der Waals surface area (Å²) in [4.78, 5) is 2.01. The fraction of sp³-hybridized carbons (Fsp3) is 0. The molecule has 0 N–H and O–H groups in total. The monoisotopic (exact) mass is 639 g/mol. The van der Waals surface area contributed by atoms with Crippen molar-refractivity contribution in [3.63, 3.8) is 0 Å². The molecular formula is C46H31NS. The van der Waals surface area contributed by atoms with Gasteiger partial charge in [-0.25, -0.2) is 0 Å². The molecule has 0 saturated carbocycles. The van der Waals surface area contributed by atoms with Gasteiger partial charge in [0.05, 0.1) is 13.7 Å². The Morgan fingerprint density at radius 1 is 0.375 bits per heavy atom. The van der Waals surface area contributed by atoms with Crippen LogP contribution in [-0.2, 0) is 0 Å². The molecule has 226 valence electrons. The van der Waals surface area contributed by atoms with E-state index in [9.17, 15) is 0 Å². The van der Waals surface area contributed by atoms with Gasteiger partial charge in [0.1, 0.15) is 0 Å². The number of fused-ring (bicyclic) bond motifs is 4. The number of hydrogen-bond donors (Lipinski definition) is 0. The van der Waals surface area contributed by atoms with Crippen molar-refractivity contribution >= 4 is 59.3 Å². The van der Waals surface area contributed by atoms with Crippen molar-refractivity contribution in [2.24, 2.45) is 0 Å². The normalized spacial score (nSPS) is 14.2. The van der Waals surface area contributed by atoms with Gasteiger partial charge in [0, 0.05) is 37.2 Å². The second kappa shape index (κ2) is 12.0. The van der Waals surface area contributed by atoms with Gasteiger partial charge in [-0.2, -0.15) is 0 Å². The van der Waals surface area contributed by atoms with Crippen LogP contribution in [0.15, 0.2) is 188 Å². The van der Waals surface area contributed by atoms with E-state index < -0.39 is 36.3 Å². The quantitative estimate of drug-likeness (QED) is 0.175. The number of thiophene rings is 1. The third-order valence-electron chi connectivity index (χ3n) is 8.62. The first-order chi connectivity index (χ1) is 27.9. The summed E-state index contributed by atoms with van der Waals surface area (Å²) < 4.78 is 85.2. The minimum absolute atomic E-state index is 0.111. The van der Waals surface area contributed by atoms with Crippen LogP contribution in [0.2, 0.25) is 0 Å². The molecule has 0 unspecified atom stereocenters. The Morgan fingerprint density at radius 3 is 1.54 bits per heavy atom. The summed E-state index contributed by atoms with van der Waals surface area (Å²) in [6, 6.07) is 38.3. The van der Waals surface area contributed by atoms with E-state index in [0.29, 0.717) is 11.1 Å². The van der Waals surface area contributed by atoms with Crippen molar-refractivity contribution in [2.45, 2.75) is 0 Å². The van der Waals surface area contributed by atoms with Gasteiger partial charge in [-0.15, -0.1) is 11.3 Å². The predicted molar refractivity (Wildman–Crippen MR) is 208 cm³/mol. The Morgan fingerprint density at radius 2 is 0.875 bits per heavy atom. The van der Waals surface area contributed by atoms with E-state index in [2.05, 4.69) is 72.8 Å². The van der Waals surface area contributed by atoms with Gasteiger partial charge in [-0.05, 0) is 105 Å². The van der Waals surface area contributed by atoms with Crippen molar-refractivity contribution in [3.05, 3.63) is 188 Å². The van der Waals surface area contributed by atoms with E-state index in [1.165, 1.54) is 20.2 Å². The summed E-state index contributed by atoms with van der Waals surface area (Å²) in [5.74, 6) is 0. The molecular weight excluding hydrogens is 599 g/mol. The molecule has 0 fully saturated rings. The second-order valence-electron chi connectivity index (χ2n) is 11.5. The molecule has 2 heteroatoms. The summed E-state index contributed by atoms with van der Waals surface area (Å²) in [5.41, 5.74) is 5.65. The Hall–Kier alpha value is -5.96. The summed E-state index contributed by atoms with van der Waals surface area (Å²) in [7, 11) is 0. The lowest BCUT2D eigenvalue weighted by Gasteiger charge is -2.26. The highest BCUT2D eigenvalue weighted by Crippen LogP contribution is 2.40. The largest absolute Gasteiger partial charge is 0.310 e. The molecule has 0 aliphatic carbocycles. The minimum Gasteiger partial charge on any atom is -0.310 e. The van der Waals surface area contributed by atoms with Crippen molar-refractivity contribution in [3.8, 4) is 33.4 Å². The number of rotatable bonds is 6. The zero-order valence-electron chi connectivity index (χ0n) is 35.5. The lowest BCUT2D eigenvalue weighted by atomic mass is 9.99. The Balaban J connectivity index is 1.14. The molecule has 1 aromatic heterocycles. The van der Waals surface area contributed by atoms with Crippen molar-refractivity contribution in [1.82, 2.24) is 0 Å². The smallest absolute Gasteiger partial charge is 0.0629 e. The Bertz CT molecular complexity index is 2950. The van der Waals surface area contributed by atoms with Crippen LogP contribution in [0.3, 0.4) is 0 Å². The number of anilines is 3. The highest BCUT2D eigenvalue weighted by Gasteiger charge is 2.15. The van der Waals surface area contributed by atoms with E-state index in [4.69, 9.17) is 13.7 Å². The van der Waals surface area contributed by atoms with Crippen molar-refractivity contribution < 1.29 is 13.7 Å². The first-order valence-corrected chi connectivity index (χ1v) is 16.3. The SMILES string of the molecule is [2H]c1c([2H])c([2H])c(-c2ccc(N(c3ccc(-c4c([2H])c([2H])c([2H])c([2H])c4[2H])cc3)c3ccc4cc(-c5ccc6sc7ccccc7c6c5)ccc4c3)cc2)c([2H])c1[2H]. The molecule has 0 spiro atoms. The number of benzene rings is 8. The van der Waals surface area contributed by atoms with E-state index in [1.807, 2.05) is 35.2 Å². The van der Waals surface area contributed by atoms with Gasteiger partial charge in [0.2, 0.25) is 0 Å². The molecule has 9 rings (SSSR count). The third-order valence-corrected chi connectivity index (χ3v) is 9.77. The summed E-state index contributed by atoms with van der Waals surface area (Å²) in [6.45, 7) is 0. The lowest BCUT2D eigenvalue weighted by Crippen LogP contribution is -2.09. The van der Waals surface area contributed by atoms with Crippen LogP contribution < -0.4 is 4.90 Å². The van der Waals surface area contributed by atoms with E-state index in [-0.39, 0.29) is 35.3 Å². The fourth-order valence-electron chi connectivity index (χ4n) is 6.25. The van der Waals surface area contributed by atoms with Gasteiger partial charge in [-0.1, -0.05) is 127 Å². The lowest BCUT2D eigenvalue weighted by molar-refractivity contribution is 1.29. The molecule has 1 nitrogen and oxygen atoms in total. The zero-order chi connectivity index (χ0) is 40.6. The summed E-state index contributed by atoms with van der Waals surface area (Å²) in [5, 5.41) is 4.53. The van der Waals surface area contributed by atoms with Crippen LogP contribution in [-0.4, -0.2) is 0 Å². The van der Waals surface area contributed by atoms with Crippen LogP contribution >= 0.6 is 11.3 Å². The molecule has 0 bridgehead atoms. The highest BCUT2D eigenvalue weighted by atomic mass is 32.1. The maximum absolute atomic E-state index is 8.50. The van der Waals surface area contributed by atoms with Gasteiger partial charge < -0.3 is 4.90 Å². The maximum atomic E-state index is 8.50. The molecule has 0 atom stereocenters. The Kier molecular flexibility index (Phi) is 4.91. The van der Waals surface area contributed by atoms with Gasteiger partial charge in [-0.3, -0.25) is 0 Å². The average Bonchev–Trinajstić information content (AvgIpc) is 3.62. The number of hydrogen-bond acceptors (Lipinski definition) is 2. The van der Waals surface area contributed by atoms with Crippen LogP contribution in [0.5, 0.6) is 0 Å². The van der Waals surface area contributed by atoms with Gasteiger partial charge in [0.25, 0.3) is 0 Å². The predicted octanol–water partition coefficient (Wildman–Crippen LogP) is 13.7. The van der Waals surface area contributed by atoms with Crippen LogP contribution in [0.1, 0.15) is 13.7 Å². The van der Waals surface area contributed by atoms with E-state index in [0.717, 1.165) is 39.0 Å². The number of nitrogens with zero attached hydrogens (tertiary/aromatic N) is 1. The summed E-state index contributed by atoms with van der Waals surface area (Å²) in [6.07, 6.45) is 0. The van der Waals surface area contributed by atoms with Gasteiger partial charge >= 0.3 is 0 Å². The third kappa shape index (κ3) is 5.23. The molecule has 8 aromatic carbocycles. The van der Waals surface area contributed by atoms with Crippen LogP contribution in [0.25, 0.3) is 64.3 Å². The standard InChI is InChI=1S/C46H31NS/c1-3-9-32(10-4-1)34-17-23-40(24-18-34)47(41-25-19-35(20-26-41)33-11-5-2-6-12-33)42-27-21-37-29-36(15-16-38(37)30-42)39-22-28-46-44(31-39)43-13-7-8-14-45(43)48-46/h1-31H/i1D,2D,3D,4D,5D,6D,9D,10D,11D,12D. The highest BCUT2D eigenvalue weighted by molar-refractivity contribution is 7.25. The summed E-state index contributed by atoms with van der Waals surface area (Å²) >= 11 is 1.79. The van der Waals surface area contributed by atoms with Crippen LogP contribution in [0.4, 0.5) is 17.1 Å². The second-order valence-corrected chi connectivity index (χ2v) is 12.6. The fourth-order valence-corrected chi connectivity index (χ4v) is 7.33. The van der Waals surface area contributed by atoms with E-state index >= 15 is 0 Å². The molecule has 1 heterocycles. The molecule has 0 aliphatic heterocycles. The molecule has 0 aliphatic rings.